The van der Waals surface area contributed by atoms with E-state index in [4.69, 9.17) is 18.8 Å². The molecule has 8 rings (SSSR count). The Kier molecular flexibility index (Phi) is 29.9. The second-order valence-corrected chi connectivity index (χ2v) is 17.8. The van der Waals surface area contributed by atoms with E-state index in [2.05, 4.69) is 140 Å². The first-order chi connectivity index (χ1) is 32.8. The molecule has 0 heterocycles. The smallest absolute Gasteiger partial charge is 0.294 e. The first-order valence-electron chi connectivity index (χ1n) is 22.7. The summed E-state index contributed by atoms with van der Waals surface area (Å²) in [6, 6.07) is 65.4. The molecule has 69 heavy (non-hydrogen) atoms. The molecule has 0 bridgehead atoms. The van der Waals surface area contributed by atoms with E-state index in [1.165, 1.54) is 67.8 Å². The van der Waals surface area contributed by atoms with Crippen LogP contribution < -0.4 is 14.2 Å². The predicted molar refractivity (Wildman–Crippen MR) is 293 cm³/mol. The van der Waals surface area contributed by atoms with Gasteiger partial charge in [0.2, 0.25) is 0 Å². The number of aryl methyl sites for hydroxylation is 11. The number of rotatable bonds is 4. The molecule has 0 radical (unpaired) electrons. The summed E-state index contributed by atoms with van der Waals surface area (Å²) in [7, 11) is 1.01. The van der Waals surface area contributed by atoms with E-state index in [9.17, 15) is 8.42 Å². The van der Waals surface area contributed by atoms with Crippen LogP contribution in [0.15, 0.2) is 205 Å². The minimum absolute atomic E-state index is 0.0666. The number of hydrogen-bond donors (Lipinski definition) is 1. The predicted octanol–water partition coefficient (Wildman–Crippen LogP) is 16.2. The molecule has 0 amide bonds. The van der Waals surface area contributed by atoms with Gasteiger partial charge in [-0.2, -0.15) is 8.42 Å². The van der Waals surface area contributed by atoms with Crippen LogP contribution in [-0.4, -0.2) is 34.3 Å². The lowest BCUT2D eigenvalue weighted by Crippen LogP contribution is -1.96. The Bertz CT molecular complexity index is 2620. The van der Waals surface area contributed by atoms with Gasteiger partial charge in [0.05, 0.1) is 26.2 Å². The van der Waals surface area contributed by atoms with Gasteiger partial charge < -0.3 is 14.2 Å². The Morgan fingerprint density at radius 1 is 0.304 bits per heavy atom. The molecule has 7 heteroatoms. The SMILES string of the molecule is COc1ccc(C)cc1.COc1cccc(C)c1.COc1ccccc1C.Cc1ccc(C)cc1.Cc1ccc(S(=O)(=O)O)cc1.Cc1cccc(C)c1.Cc1ccccc1.Cc1ccccc1C. The zero-order valence-electron chi connectivity index (χ0n) is 43.4. The second kappa shape index (κ2) is 34.4. The fraction of sp³-hybridized carbons (Fsp3) is 0.226. The molecule has 0 unspecified atom stereocenters. The number of ether oxygens (including phenoxy) is 3. The van der Waals surface area contributed by atoms with E-state index in [0.29, 0.717) is 0 Å². The fourth-order valence-corrected chi connectivity index (χ4v) is 6.03. The Morgan fingerprint density at radius 3 is 0.928 bits per heavy atom. The maximum atomic E-state index is 10.5. The highest BCUT2D eigenvalue weighted by molar-refractivity contribution is 7.85. The highest BCUT2D eigenvalue weighted by Crippen LogP contribution is 2.15. The van der Waals surface area contributed by atoms with Gasteiger partial charge in [-0.15, -0.1) is 0 Å². The average molecular weight is 949 g/mol. The van der Waals surface area contributed by atoms with Gasteiger partial charge in [-0.25, -0.2) is 0 Å². The topological polar surface area (TPSA) is 82.1 Å². The quantitative estimate of drug-likeness (QED) is 0.177. The highest BCUT2D eigenvalue weighted by atomic mass is 32.2. The molecule has 8 aromatic carbocycles. The van der Waals surface area contributed by atoms with Gasteiger partial charge >= 0.3 is 0 Å². The third kappa shape index (κ3) is 29.4. The van der Waals surface area contributed by atoms with Gasteiger partial charge in [0.15, 0.2) is 0 Å². The van der Waals surface area contributed by atoms with E-state index in [-0.39, 0.29) is 4.90 Å². The highest BCUT2D eigenvalue weighted by Gasteiger charge is 2.06. The van der Waals surface area contributed by atoms with Crippen LogP contribution in [0.3, 0.4) is 0 Å². The van der Waals surface area contributed by atoms with Crippen molar-refractivity contribution in [1.29, 1.82) is 0 Å². The standard InChI is InChI=1S/3C8H10O.3C8H10.C7H8O3S.C7H8/c1-7-3-5-8(9-2)6-4-7;1-7-4-3-5-8(6-7)9-2;1-7-5-3-4-6-8(7)9-2;1-7-3-5-8(2)6-4-7;1-7-4-3-5-8(2)6-7;1-7-5-3-4-6-8(7)2;1-6-2-4-7(5-3-6)11(8,9)10;1-7-5-3-2-4-6-7/h3*3-6H,1-2H3;3*3-6H,1-2H3;2-5H,1H3,(H,8,9,10);2-6H,1H3. The summed E-state index contributed by atoms with van der Waals surface area (Å²) in [5.74, 6) is 2.80. The molecule has 0 aliphatic rings. The van der Waals surface area contributed by atoms with Crippen LogP contribution in [0, 0.1) is 76.2 Å². The molecule has 0 saturated carbocycles. The molecule has 366 valence electrons. The van der Waals surface area contributed by atoms with Crippen LogP contribution in [-0.2, 0) is 10.1 Å². The molecule has 0 aliphatic carbocycles. The van der Waals surface area contributed by atoms with Crippen molar-refractivity contribution >= 4 is 10.1 Å². The minimum Gasteiger partial charge on any atom is -0.497 e. The summed E-state index contributed by atoms with van der Waals surface area (Å²) in [6.45, 7) is 22.7. The fourth-order valence-electron chi connectivity index (χ4n) is 5.55. The van der Waals surface area contributed by atoms with E-state index in [1.54, 1.807) is 33.5 Å². The Hall–Kier alpha value is -6.93. The summed E-state index contributed by atoms with van der Waals surface area (Å²) < 4.78 is 44.6. The molecule has 0 atom stereocenters. The third-order valence-electron chi connectivity index (χ3n) is 9.87. The van der Waals surface area contributed by atoms with E-state index in [1.807, 2.05) is 112 Å². The van der Waals surface area contributed by atoms with Crippen molar-refractivity contribution in [1.82, 2.24) is 0 Å². The zero-order chi connectivity index (χ0) is 51.6. The lowest BCUT2D eigenvalue weighted by atomic mass is 10.1. The summed E-state index contributed by atoms with van der Waals surface area (Å²) >= 11 is 0. The van der Waals surface area contributed by atoms with Gasteiger partial charge in [0, 0.05) is 0 Å². The summed E-state index contributed by atoms with van der Waals surface area (Å²) in [5.41, 5.74) is 14.0. The van der Waals surface area contributed by atoms with Crippen molar-refractivity contribution < 1.29 is 27.2 Å². The van der Waals surface area contributed by atoms with Crippen molar-refractivity contribution in [3.63, 3.8) is 0 Å². The molecular weight excluding hydrogens is 873 g/mol. The molecule has 8 aromatic rings. The van der Waals surface area contributed by atoms with Gasteiger partial charge in [0.1, 0.15) is 17.2 Å². The second-order valence-electron chi connectivity index (χ2n) is 16.3. The van der Waals surface area contributed by atoms with Gasteiger partial charge in [0.25, 0.3) is 10.1 Å². The zero-order valence-corrected chi connectivity index (χ0v) is 44.3. The van der Waals surface area contributed by atoms with Crippen molar-refractivity contribution in [2.45, 2.75) is 81.1 Å². The maximum Gasteiger partial charge on any atom is 0.294 e. The van der Waals surface area contributed by atoms with Crippen molar-refractivity contribution in [3.05, 3.63) is 261 Å². The van der Waals surface area contributed by atoms with Crippen LogP contribution in [0.2, 0.25) is 0 Å². The number of benzene rings is 8. The summed E-state index contributed by atoms with van der Waals surface area (Å²) in [5, 5.41) is 0. The van der Waals surface area contributed by atoms with Crippen molar-refractivity contribution in [2.24, 2.45) is 0 Å². The van der Waals surface area contributed by atoms with Gasteiger partial charge in [-0.3, -0.25) is 4.55 Å². The number of methoxy groups -OCH3 is 3. The van der Waals surface area contributed by atoms with Crippen LogP contribution >= 0.6 is 0 Å². The maximum absolute atomic E-state index is 10.5. The largest absolute Gasteiger partial charge is 0.497 e. The molecular formula is C62H76O6S. The summed E-state index contributed by atoms with van der Waals surface area (Å²) in [4.78, 5) is -0.0666. The molecule has 0 saturated heterocycles. The van der Waals surface area contributed by atoms with Gasteiger partial charge in [-0.05, 0) is 141 Å². The molecule has 0 fully saturated rings. The Labute approximate surface area is 416 Å². The lowest BCUT2D eigenvalue weighted by Gasteiger charge is -2.00. The van der Waals surface area contributed by atoms with E-state index < -0.39 is 10.1 Å². The molecule has 1 N–H and O–H groups in total. The Morgan fingerprint density at radius 2 is 0.638 bits per heavy atom. The van der Waals surface area contributed by atoms with E-state index in [0.717, 1.165) is 22.8 Å². The minimum atomic E-state index is -4.02. The van der Waals surface area contributed by atoms with Crippen LogP contribution in [0.4, 0.5) is 0 Å². The lowest BCUT2D eigenvalue weighted by molar-refractivity contribution is 0.411. The molecule has 0 aliphatic heterocycles. The van der Waals surface area contributed by atoms with E-state index >= 15 is 0 Å². The first kappa shape index (κ1) is 60.1. The van der Waals surface area contributed by atoms with Crippen molar-refractivity contribution in [2.75, 3.05) is 21.3 Å². The first-order valence-corrected chi connectivity index (χ1v) is 24.2. The third-order valence-corrected chi connectivity index (χ3v) is 10.7. The van der Waals surface area contributed by atoms with Crippen LogP contribution in [0.25, 0.3) is 0 Å². The Balaban J connectivity index is 0.000000395. The average Bonchev–Trinajstić information content (AvgIpc) is 3.33. The normalized spacial score (nSPS) is 9.49. The van der Waals surface area contributed by atoms with Gasteiger partial charge in [-0.1, -0.05) is 197 Å². The van der Waals surface area contributed by atoms with Crippen LogP contribution in [0.5, 0.6) is 17.2 Å². The number of para-hydroxylation sites is 1. The number of hydrogen-bond acceptors (Lipinski definition) is 5. The monoisotopic (exact) mass is 949 g/mol. The van der Waals surface area contributed by atoms with Crippen LogP contribution in [0.1, 0.15) is 61.2 Å². The molecule has 6 nitrogen and oxygen atoms in total. The van der Waals surface area contributed by atoms with Crippen molar-refractivity contribution in [3.8, 4) is 17.2 Å². The molecule has 0 spiro atoms. The summed E-state index contributed by atoms with van der Waals surface area (Å²) in [6.07, 6.45) is 0. The molecule has 0 aromatic heterocycles.